The molecule has 0 spiro atoms. The van der Waals surface area contributed by atoms with Gasteiger partial charge in [-0.05, 0) is 69.5 Å². The summed E-state index contributed by atoms with van der Waals surface area (Å²) in [6.07, 6.45) is 5.95. The fraction of sp³-hybridized carbons (Fsp3) is 0.500. The number of hydrogen-bond donors (Lipinski definition) is 1. The van der Waals surface area contributed by atoms with Crippen molar-refractivity contribution >= 4 is 17.2 Å². The Bertz CT molecular complexity index is 690. The van der Waals surface area contributed by atoms with Gasteiger partial charge in [0, 0.05) is 17.1 Å². The van der Waals surface area contributed by atoms with Crippen LogP contribution in [0.1, 0.15) is 52.0 Å². The van der Waals surface area contributed by atoms with Gasteiger partial charge in [-0.1, -0.05) is 13.0 Å². The van der Waals surface area contributed by atoms with Gasteiger partial charge in [0.05, 0.1) is 17.1 Å². The van der Waals surface area contributed by atoms with Crippen LogP contribution >= 0.6 is 11.3 Å². The molecule has 1 aliphatic rings. The van der Waals surface area contributed by atoms with Crippen molar-refractivity contribution in [2.75, 3.05) is 13.1 Å². The van der Waals surface area contributed by atoms with Crippen molar-refractivity contribution < 1.29 is 4.79 Å². The molecule has 3 heterocycles. The van der Waals surface area contributed by atoms with Gasteiger partial charge in [0.25, 0.3) is 5.91 Å². The number of carbonyl (C=O) groups is 1. The summed E-state index contributed by atoms with van der Waals surface area (Å²) in [6.45, 7) is 6.85. The smallest absolute Gasteiger partial charge is 0.264 e. The molecule has 4 nitrogen and oxygen atoms in total. The van der Waals surface area contributed by atoms with E-state index in [0.29, 0.717) is 6.54 Å². The van der Waals surface area contributed by atoms with Gasteiger partial charge in [-0.25, -0.2) is 0 Å². The van der Waals surface area contributed by atoms with Crippen molar-refractivity contribution in [1.29, 1.82) is 0 Å². The molecule has 0 aromatic carbocycles. The normalized spacial score (nSPS) is 17.9. The first-order valence-corrected chi connectivity index (χ1v) is 10.0. The summed E-state index contributed by atoms with van der Waals surface area (Å²) in [5.74, 6) is 0.158. The first kappa shape index (κ1) is 18.1. The van der Waals surface area contributed by atoms with Crippen LogP contribution in [0.5, 0.6) is 0 Å². The van der Waals surface area contributed by atoms with Crippen molar-refractivity contribution in [2.24, 2.45) is 0 Å². The Morgan fingerprint density at radius 1 is 1.36 bits per heavy atom. The highest BCUT2D eigenvalue weighted by molar-refractivity contribution is 7.14. The lowest BCUT2D eigenvalue weighted by atomic mass is 10.1. The average molecular weight is 358 g/mol. The summed E-state index contributed by atoms with van der Waals surface area (Å²) >= 11 is 1.65. The van der Waals surface area contributed by atoms with Crippen molar-refractivity contribution in [1.82, 2.24) is 15.2 Å². The summed E-state index contributed by atoms with van der Waals surface area (Å²) < 4.78 is 0. The highest BCUT2D eigenvalue weighted by atomic mass is 32.1. The molecule has 5 heteroatoms. The molecule has 1 unspecified atom stereocenters. The van der Waals surface area contributed by atoms with Crippen LogP contribution in [0.3, 0.4) is 0 Å². The van der Waals surface area contributed by atoms with Crippen molar-refractivity contribution in [3.63, 3.8) is 0 Å². The summed E-state index contributed by atoms with van der Waals surface area (Å²) in [4.78, 5) is 22.0. The second-order valence-electron chi connectivity index (χ2n) is 6.66. The number of rotatable bonds is 5. The Labute approximate surface area is 154 Å². The van der Waals surface area contributed by atoms with E-state index in [1.165, 1.54) is 10.4 Å². The summed E-state index contributed by atoms with van der Waals surface area (Å²) in [5, 5.41) is 3.45. The van der Waals surface area contributed by atoms with Crippen LogP contribution in [0.15, 0.2) is 30.5 Å². The van der Waals surface area contributed by atoms with Crippen LogP contribution in [0.25, 0.3) is 0 Å². The van der Waals surface area contributed by atoms with E-state index in [2.05, 4.69) is 35.1 Å². The van der Waals surface area contributed by atoms with E-state index in [1.54, 1.807) is 17.5 Å². The molecule has 1 saturated heterocycles. The van der Waals surface area contributed by atoms with E-state index in [-0.39, 0.29) is 11.9 Å². The molecule has 134 valence electrons. The molecule has 0 saturated carbocycles. The molecule has 1 fully saturated rings. The number of amides is 1. The number of hydrogen-bond acceptors (Lipinski definition) is 4. The first-order valence-electron chi connectivity index (χ1n) is 9.20. The topological polar surface area (TPSA) is 45.2 Å². The lowest BCUT2D eigenvalue weighted by Gasteiger charge is -2.30. The Morgan fingerprint density at radius 2 is 2.24 bits per heavy atom. The maximum Gasteiger partial charge on any atom is 0.264 e. The summed E-state index contributed by atoms with van der Waals surface area (Å²) in [7, 11) is 0. The molecule has 1 N–H and O–H groups in total. The SMILES string of the molecule is CCc1sc(C(=O)N(Cc2ccccn2)C2CCCNCC2)cc1C. The van der Waals surface area contributed by atoms with E-state index >= 15 is 0 Å². The quantitative estimate of drug-likeness (QED) is 0.885. The summed E-state index contributed by atoms with van der Waals surface area (Å²) in [5.41, 5.74) is 2.19. The molecule has 1 amide bonds. The van der Waals surface area contributed by atoms with E-state index in [9.17, 15) is 4.79 Å². The van der Waals surface area contributed by atoms with Crippen LogP contribution < -0.4 is 5.32 Å². The molecule has 1 atom stereocenters. The third-order valence-electron chi connectivity index (χ3n) is 4.86. The molecule has 0 aliphatic carbocycles. The average Bonchev–Trinajstić information content (AvgIpc) is 2.84. The molecule has 0 radical (unpaired) electrons. The molecule has 2 aromatic rings. The van der Waals surface area contributed by atoms with Crippen LogP contribution in [-0.2, 0) is 13.0 Å². The Hall–Kier alpha value is -1.72. The zero-order valence-electron chi connectivity index (χ0n) is 15.1. The molecule has 25 heavy (non-hydrogen) atoms. The lowest BCUT2D eigenvalue weighted by molar-refractivity contribution is 0.0647. The molecular formula is C20H27N3OS. The van der Waals surface area contributed by atoms with E-state index in [4.69, 9.17) is 0 Å². The van der Waals surface area contributed by atoms with Crippen LogP contribution in [0.4, 0.5) is 0 Å². The van der Waals surface area contributed by atoms with E-state index in [0.717, 1.165) is 49.3 Å². The van der Waals surface area contributed by atoms with Gasteiger partial charge < -0.3 is 10.2 Å². The highest BCUT2D eigenvalue weighted by Gasteiger charge is 2.27. The lowest BCUT2D eigenvalue weighted by Crippen LogP contribution is -2.40. The summed E-state index contributed by atoms with van der Waals surface area (Å²) in [6, 6.07) is 8.25. The van der Waals surface area contributed by atoms with Gasteiger partial charge in [-0.3, -0.25) is 9.78 Å². The van der Waals surface area contributed by atoms with Crippen LogP contribution in [-0.4, -0.2) is 34.9 Å². The number of aromatic nitrogens is 1. The van der Waals surface area contributed by atoms with Gasteiger partial charge in [-0.15, -0.1) is 11.3 Å². The maximum atomic E-state index is 13.3. The molecule has 3 rings (SSSR count). The van der Waals surface area contributed by atoms with Gasteiger partial charge in [0.15, 0.2) is 0 Å². The third-order valence-corrected chi connectivity index (χ3v) is 6.23. The monoisotopic (exact) mass is 357 g/mol. The minimum atomic E-state index is 0.158. The molecule has 2 aromatic heterocycles. The van der Waals surface area contributed by atoms with Crippen LogP contribution in [0, 0.1) is 6.92 Å². The predicted molar refractivity (Wildman–Crippen MR) is 103 cm³/mol. The van der Waals surface area contributed by atoms with E-state index in [1.807, 2.05) is 18.2 Å². The fourth-order valence-corrected chi connectivity index (χ4v) is 4.53. The van der Waals surface area contributed by atoms with Gasteiger partial charge >= 0.3 is 0 Å². The minimum Gasteiger partial charge on any atom is -0.329 e. The largest absolute Gasteiger partial charge is 0.329 e. The van der Waals surface area contributed by atoms with Gasteiger partial charge in [-0.2, -0.15) is 0 Å². The Balaban J connectivity index is 1.86. The zero-order chi connectivity index (χ0) is 17.6. The number of aryl methyl sites for hydroxylation is 2. The minimum absolute atomic E-state index is 0.158. The predicted octanol–water partition coefficient (Wildman–Crippen LogP) is 3.80. The third kappa shape index (κ3) is 4.47. The Kier molecular flexibility index (Phi) is 6.21. The van der Waals surface area contributed by atoms with Crippen molar-refractivity contribution in [2.45, 2.75) is 52.1 Å². The standard InChI is InChI=1S/C20H27N3OS/c1-3-18-15(2)13-19(25-18)20(24)23(14-16-7-4-5-11-22-16)17-8-6-10-21-12-9-17/h4-5,7,11,13,17,21H,3,6,8-10,12,14H2,1-2H3. The fourth-order valence-electron chi connectivity index (χ4n) is 3.46. The second-order valence-corrected chi connectivity index (χ2v) is 7.80. The molecule has 1 aliphatic heterocycles. The number of nitrogens with one attached hydrogen (secondary N) is 1. The first-order chi connectivity index (χ1) is 12.2. The number of carbonyl (C=O) groups excluding carboxylic acids is 1. The number of pyridine rings is 1. The van der Waals surface area contributed by atoms with Gasteiger partial charge in [0.1, 0.15) is 0 Å². The van der Waals surface area contributed by atoms with E-state index < -0.39 is 0 Å². The Morgan fingerprint density at radius 3 is 2.96 bits per heavy atom. The number of nitrogens with zero attached hydrogens (tertiary/aromatic N) is 2. The van der Waals surface area contributed by atoms with Crippen molar-refractivity contribution in [3.05, 3.63) is 51.5 Å². The van der Waals surface area contributed by atoms with Crippen LogP contribution in [0.2, 0.25) is 0 Å². The molecular weight excluding hydrogens is 330 g/mol. The zero-order valence-corrected chi connectivity index (χ0v) is 15.9. The van der Waals surface area contributed by atoms with Gasteiger partial charge in [0.2, 0.25) is 0 Å². The number of thiophene rings is 1. The molecule has 0 bridgehead atoms. The maximum absolute atomic E-state index is 13.3. The second kappa shape index (κ2) is 8.59. The van der Waals surface area contributed by atoms with Crippen molar-refractivity contribution in [3.8, 4) is 0 Å². The highest BCUT2D eigenvalue weighted by Crippen LogP contribution is 2.26.